The van der Waals surface area contributed by atoms with Gasteiger partial charge in [-0.3, -0.25) is 0 Å². The Balaban J connectivity index is 2.02. The Morgan fingerprint density at radius 3 is 3.20 bits per heavy atom. The van der Waals surface area contributed by atoms with Gasteiger partial charge in [0.15, 0.2) is 0 Å². The molecular weight excluding hydrogens is 184 g/mol. The summed E-state index contributed by atoms with van der Waals surface area (Å²) in [6, 6.07) is 6.43. The molecule has 0 saturated heterocycles. The number of rotatable bonds is 0. The van der Waals surface area contributed by atoms with Crippen molar-refractivity contribution in [2.45, 2.75) is 19.8 Å². The van der Waals surface area contributed by atoms with E-state index < -0.39 is 0 Å². The first kappa shape index (κ1) is 8.78. The highest BCUT2D eigenvalue weighted by atomic mass is 16.5. The predicted molar refractivity (Wildman–Crippen MR) is 60.8 cm³/mol. The number of benzene rings is 1. The molecule has 0 radical (unpaired) electrons. The molecule has 2 aliphatic rings. The van der Waals surface area contributed by atoms with E-state index in [-0.39, 0.29) is 0 Å². The highest BCUT2D eigenvalue weighted by molar-refractivity contribution is 5.42. The molecule has 1 aromatic carbocycles. The first-order chi connectivity index (χ1) is 7.33. The molecule has 0 spiro atoms. The molecule has 0 bridgehead atoms. The third-order valence-corrected chi connectivity index (χ3v) is 3.13. The Kier molecular flexibility index (Phi) is 1.91. The monoisotopic (exact) mass is 198 g/mol. The zero-order valence-electron chi connectivity index (χ0n) is 8.86. The molecule has 1 aromatic rings. The van der Waals surface area contributed by atoms with Gasteiger partial charge >= 0.3 is 0 Å². The van der Waals surface area contributed by atoms with Crippen LogP contribution in [-0.4, -0.2) is 0 Å². The molecule has 0 N–H and O–H groups in total. The van der Waals surface area contributed by atoms with Crippen molar-refractivity contribution in [1.29, 1.82) is 0 Å². The van der Waals surface area contributed by atoms with Crippen LogP contribution in [0.1, 0.15) is 17.5 Å². The highest BCUT2D eigenvalue weighted by Gasteiger charge is 2.24. The van der Waals surface area contributed by atoms with Crippen molar-refractivity contribution >= 4 is 0 Å². The molecule has 76 valence electrons. The normalized spacial score (nSPS) is 22.5. The molecule has 1 aliphatic heterocycles. The van der Waals surface area contributed by atoms with Gasteiger partial charge in [0.2, 0.25) is 0 Å². The topological polar surface area (TPSA) is 9.23 Å². The number of aryl methyl sites for hydroxylation is 1. The Hall–Kier alpha value is -1.50. The largest absolute Gasteiger partial charge is 0.461 e. The van der Waals surface area contributed by atoms with E-state index in [1.165, 1.54) is 11.1 Å². The van der Waals surface area contributed by atoms with Crippen LogP contribution in [0.15, 0.2) is 42.2 Å². The molecule has 1 unspecified atom stereocenters. The molecule has 1 aliphatic carbocycles. The summed E-state index contributed by atoms with van der Waals surface area (Å²) in [6.07, 6.45) is 8.63. The maximum absolute atomic E-state index is 5.90. The fraction of sp³-hybridized carbons (Fsp3) is 0.286. The molecule has 0 aromatic heterocycles. The van der Waals surface area contributed by atoms with E-state index >= 15 is 0 Å². The van der Waals surface area contributed by atoms with Gasteiger partial charge in [-0.1, -0.05) is 29.8 Å². The molecular formula is C14H14O. The Morgan fingerprint density at radius 1 is 1.33 bits per heavy atom. The number of allylic oxidation sites excluding steroid dienone is 4. The quantitative estimate of drug-likeness (QED) is 0.621. The minimum Gasteiger partial charge on any atom is -0.461 e. The Labute approximate surface area is 90.1 Å². The minimum atomic E-state index is 0.560. The van der Waals surface area contributed by atoms with E-state index in [0.29, 0.717) is 5.92 Å². The van der Waals surface area contributed by atoms with Crippen LogP contribution in [0, 0.1) is 12.8 Å². The standard InChI is InChI=1S/C14H14O/c1-10-6-7-14-12(8-10)9-11-4-2-3-5-13(11)15-14/h2-3,5-8,11H,4,9H2,1H3. The van der Waals surface area contributed by atoms with E-state index in [9.17, 15) is 0 Å². The third kappa shape index (κ3) is 1.48. The van der Waals surface area contributed by atoms with Gasteiger partial charge in [-0.2, -0.15) is 0 Å². The van der Waals surface area contributed by atoms with Crippen LogP contribution in [0.3, 0.4) is 0 Å². The van der Waals surface area contributed by atoms with Gasteiger partial charge in [-0.05, 0) is 37.5 Å². The van der Waals surface area contributed by atoms with Gasteiger partial charge in [0, 0.05) is 5.92 Å². The van der Waals surface area contributed by atoms with Crippen molar-refractivity contribution in [2.75, 3.05) is 0 Å². The van der Waals surface area contributed by atoms with E-state index in [1.807, 2.05) is 0 Å². The summed E-state index contributed by atoms with van der Waals surface area (Å²) in [5.41, 5.74) is 2.67. The zero-order chi connectivity index (χ0) is 10.3. The Bertz CT molecular complexity index is 454. The smallest absolute Gasteiger partial charge is 0.130 e. The van der Waals surface area contributed by atoms with Crippen LogP contribution < -0.4 is 4.74 Å². The molecule has 3 rings (SSSR count). The fourth-order valence-corrected chi connectivity index (χ4v) is 2.32. The summed E-state index contributed by atoms with van der Waals surface area (Å²) < 4.78 is 5.90. The van der Waals surface area contributed by atoms with Crippen molar-refractivity contribution in [3.8, 4) is 5.75 Å². The molecule has 0 fully saturated rings. The van der Waals surface area contributed by atoms with E-state index in [1.54, 1.807) is 0 Å². The second-order valence-corrected chi connectivity index (χ2v) is 4.35. The van der Waals surface area contributed by atoms with Gasteiger partial charge in [0.05, 0.1) is 0 Å². The van der Waals surface area contributed by atoms with Crippen LogP contribution >= 0.6 is 0 Å². The lowest BCUT2D eigenvalue weighted by molar-refractivity contribution is 0.312. The maximum Gasteiger partial charge on any atom is 0.130 e. The van der Waals surface area contributed by atoms with Crippen LogP contribution in [0.5, 0.6) is 5.75 Å². The first-order valence-electron chi connectivity index (χ1n) is 5.47. The third-order valence-electron chi connectivity index (χ3n) is 3.13. The molecule has 1 nitrogen and oxygen atoms in total. The SMILES string of the molecule is Cc1ccc2c(c1)CC1CC=CC=C1O2. The van der Waals surface area contributed by atoms with E-state index in [0.717, 1.165) is 24.4 Å². The summed E-state index contributed by atoms with van der Waals surface area (Å²) >= 11 is 0. The minimum absolute atomic E-state index is 0.560. The van der Waals surface area contributed by atoms with Crippen LogP contribution in [0.25, 0.3) is 0 Å². The van der Waals surface area contributed by atoms with Gasteiger partial charge in [0.25, 0.3) is 0 Å². The lowest BCUT2D eigenvalue weighted by atomic mass is 9.88. The van der Waals surface area contributed by atoms with Gasteiger partial charge in [-0.25, -0.2) is 0 Å². The van der Waals surface area contributed by atoms with E-state index in [2.05, 4.69) is 43.4 Å². The van der Waals surface area contributed by atoms with Gasteiger partial charge in [0.1, 0.15) is 11.5 Å². The predicted octanol–water partition coefficient (Wildman–Crippen LogP) is 3.39. The number of hydrogen-bond donors (Lipinski definition) is 0. The molecule has 1 heterocycles. The van der Waals surface area contributed by atoms with Crippen molar-refractivity contribution in [3.63, 3.8) is 0 Å². The summed E-state index contributed by atoms with van der Waals surface area (Å²) in [5, 5.41) is 0. The van der Waals surface area contributed by atoms with Crippen molar-refractivity contribution in [3.05, 3.63) is 53.3 Å². The van der Waals surface area contributed by atoms with Crippen molar-refractivity contribution < 1.29 is 4.74 Å². The van der Waals surface area contributed by atoms with Gasteiger partial charge in [-0.15, -0.1) is 0 Å². The summed E-state index contributed by atoms with van der Waals surface area (Å²) in [7, 11) is 0. The molecule has 0 saturated carbocycles. The second kappa shape index (κ2) is 3.27. The zero-order valence-corrected chi connectivity index (χ0v) is 8.86. The summed E-state index contributed by atoms with van der Waals surface area (Å²) in [4.78, 5) is 0. The van der Waals surface area contributed by atoms with E-state index in [4.69, 9.17) is 4.74 Å². The average Bonchev–Trinajstić information content (AvgIpc) is 2.26. The van der Waals surface area contributed by atoms with Crippen molar-refractivity contribution in [1.82, 2.24) is 0 Å². The first-order valence-corrected chi connectivity index (χ1v) is 5.47. The maximum atomic E-state index is 5.90. The van der Waals surface area contributed by atoms with Crippen molar-refractivity contribution in [2.24, 2.45) is 5.92 Å². The van der Waals surface area contributed by atoms with Gasteiger partial charge < -0.3 is 4.74 Å². The lowest BCUT2D eigenvalue weighted by Crippen LogP contribution is -2.19. The van der Waals surface area contributed by atoms with Crippen LogP contribution in [-0.2, 0) is 6.42 Å². The molecule has 1 heteroatoms. The molecule has 0 amide bonds. The van der Waals surface area contributed by atoms with Crippen LogP contribution in [0.2, 0.25) is 0 Å². The summed E-state index contributed by atoms with van der Waals surface area (Å²) in [6.45, 7) is 2.13. The number of ether oxygens (including phenoxy) is 1. The average molecular weight is 198 g/mol. The molecule has 15 heavy (non-hydrogen) atoms. The Morgan fingerprint density at radius 2 is 2.27 bits per heavy atom. The lowest BCUT2D eigenvalue weighted by Gasteiger charge is -2.28. The second-order valence-electron chi connectivity index (χ2n) is 4.35. The summed E-state index contributed by atoms with van der Waals surface area (Å²) in [5.74, 6) is 2.73. The van der Waals surface area contributed by atoms with Crippen LogP contribution in [0.4, 0.5) is 0 Å². The highest BCUT2D eigenvalue weighted by Crippen LogP contribution is 2.36. The molecule has 1 atom stereocenters. The number of fused-ring (bicyclic) bond motifs is 2. The number of hydrogen-bond acceptors (Lipinski definition) is 1. The fourth-order valence-electron chi connectivity index (χ4n) is 2.32.